The van der Waals surface area contributed by atoms with E-state index in [1.807, 2.05) is 29.2 Å². The number of thiocarbonyl (C=S) groups is 1. The van der Waals surface area contributed by atoms with E-state index < -0.39 is 0 Å². The van der Waals surface area contributed by atoms with Gasteiger partial charge in [-0.2, -0.15) is 0 Å². The van der Waals surface area contributed by atoms with Gasteiger partial charge in [-0.15, -0.1) is 13.2 Å². The third-order valence-electron chi connectivity index (χ3n) is 2.26. The minimum Gasteiger partial charge on any atom is -0.508 e. The number of thioether (sulfide) groups is 1. The molecule has 0 saturated carbocycles. The molecular weight excluding hydrogens is 262 g/mol. The predicted octanol–water partition coefficient (Wildman–Crippen LogP) is 3.58. The Balaban J connectivity index is 2.50. The van der Waals surface area contributed by atoms with Crippen molar-refractivity contribution in [3.63, 3.8) is 0 Å². The van der Waals surface area contributed by atoms with Gasteiger partial charge >= 0.3 is 0 Å². The summed E-state index contributed by atoms with van der Waals surface area (Å²) in [6.07, 6.45) is 3.66. The summed E-state index contributed by atoms with van der Waals surface area (Å²) in [5.41, 5.74) is 1.14. The molecule has 0 aliphatic carbocycles. The molecule has 1 N–H and O–H groups in total. The lowest BCUT2D eigenvalue weighted by atomic mass is 10.2. The second-order valence-corrected chi connectivity index (χ2v) is 5.31. The molecule has 0 aliphatic heterocycles. The van der Waals surface area contributed by atoms with Crippen LogP contribution in [0.15, 0.2) is 49.6 Å². The highest BCUT2D eigenvalue weighted by atomic mass is 32.2. The van der Waals surface area contributed by atoms with Crippen molar-refractivity contribution in [1.82, 2.24) is 4.90 Å². The highest BCUT2D eigenvalue weighted by molar-refractivity contribution is 8.22. The number of phenolic OH excluding ortho intramolecular Hbond substituents is 1. The lowest BCUT2D eigenvalue weighted by Crippen LogP contribution is -2.27. The summed E-state index contributed by atoms with van der Waals surface area (Å²) in [6, 6.07) is 7.17. The largest absolute Gasteiger partial charge is 0.508 e. The normalized spacial score (nSPS) is 9.78. The Morgan fingerprint density at radius 3 is 2.28 bits per heavy atom. The van der Waals surface area contributed by atoms with Crippen LogP contribution < -0.4 is 0 Å². The molecule has 1 rings (SSSR count). The lowest BCUT2D eigenvalue weighted by Gasteiger charge is -2.21. The molecule has 0 spiro atoms. The molecule has 0 fully saturated rings. The molecule has 0 heterocycles. The van der Waals surface area contributed by atoms with Gasteiger partial charge in [-0.3, -0.25) is 0 Å². The number of aromatic hydroxyl groups is 1. The van der Waals surface area contributed by atoms with Crippen molar-refractivity contribution in [2.45, 2.75) is 5.75 Å². The van der Waals surface area contributed by atoms with Crippen molar-refractivity contribution in [3.05, 3.63) is 55.1 Å². The van der Waals surface area contributed by atoms with Crippen LogP contribution in [0, 0.1) is 0 Å². The first-order valence-corrected chi connectivity index (χ1v) is 6.98. The molecule has 18 heavy (non-hydrogen) atoms. The highest BCUT2D eigenvalue weighted by Gasteiger charge is 2.07. The lowest BCUT2D eigenvalue weighted by molar-refractivity contribution is 0.475. The maximum absolute atomic E-state index is 9.20. The first kappa shape index (κ1) is 14.8. The van der Waals surface area contributed by atoms with Crippen LogP contribution in [-0.2, 0) is 5.75 Å². The van der Waals surface area contributed by atoms with E-state index in [0.29, 0.717) is 0 Å². The summed E-state index contributed by atoms with van der Waals surface area (Å²) in [7, 11) is 0. The standard InChI is InChI=1S/C14H17NOS2/c1-3-9-15(10-4-2)14(17)18-11-12-5-7-13(16)8-6-12/h3-8,16H,1-2,9-11H2. The van der Waals surface area contributed by atoms with Crippen LogP contribution in [0.2, 0.25) is 0 Å². The number of hydrogen-bond acceptors (Lipinski definition) is 3. The molecule has 1 aromatic rings. The Hall–Kier alpha value is -1.26. The van der Waals surface area contributed by atoms with E-state index in [9.17, 15) is 5.11 Å². The third kappa shape index (κ3) is 4.94. The second-order valence-electron chi connectivity index (χ2n) is 3.70. The van der Waals surface area contributed by atoms with Crippen LogP contribution in [0.4, 0.5) is 0 Å². The summed E-state index contributed by atoms with van der Waals surface area (Å²) in [4.78, 5) is 2.04. The van der Waals surface area contributed by atoms with Crippen LogP contribution in [0.25, 0.3) is 0 Å². The molecular formula is C14H17NOS2. The molecule has 4 heteroatoms. The Labute approximate surface area is 118 Å². The van der Waals surface area contributed by atoms with Crippen LogP contribution in [-0.4, -0.2) is 27.4 Å². The van der Waals surface area contributed by atoms with Crippen molar-refractivity contribution in [3.8, 4) is 5.75 Å². The van der Waals surface area contributed by atoms with Gasteiger partial charge in [0.2, 0.25) is 0 Å². The molecule has 2 nitrogen and oxygen atoms in total. The number of hydrogen-bond donors (Lipinski definition) is 1. The highest BCUT2D eigenvalue weighted by Crippen LogP contribution is 2.18. The zero-order valence-corrected chi connectivity index (χ0v) is 11.8. The fraction of sp³-hybridized carbons (Fsp3) is 0.214. The Bertz CT molecular complexity index is 404. The molecule has 96 valence electrons. The monoisotopic (exact) mass is 279 g/mol. The van der Waals surface area contributed by atoms with E-state index in [1.54, 1.807) is 23.9 Å². The minimum atomic E-state index is 0.284. The Morgan fingerprint density at radius 2 is 1.78 bits per heavy atom. The Morgan fingerprint density at radius 1 is 1.22 bits per heavy atom. The molecule has 0 amide bonds. The van der Waals surface area contributed by atoms with Crippen LogP contribution in [0.1, 0.15) is 5.56 Å². The number of phenols is 1. The van der Waals surface area contributed by atoms with Gasteiger partial charge in [0.25, 0.3) is 0 Å². The topological polar surface area (TPSA) is 23.5 Å². The Kier molecular flexibility index (Phi) is 6.54. The quantitative estimate of drug-likeness (QED) is 0.635. The van der Waals surface area contributed by atoms with Gasteiger partial charge < -0.3 is 10.0 Å². The van der Waals surface area contributed by atoms with Crippen molar-refractivity contribution < 1.29 is 5.11 Å². The SMILES string of the molecule is C=CCN(CC=C)C(=S)SCc1ccc(O)cc1. The fourth-order valence-electron chi connectivity index (χ4n) is 1.36. The van der Waals surface area contributed by atoms with Gasteiger partial charge in [0, 0.05) is 18.8 Å². The van der Waals surface area contributed by atoms with E-state index in [4.69, 9.17) is 12.2 Å². The molecule has 0 saturated heterocycles. The molecule has 0 aliphatic rings. The minimum absolute atomic E-state index is 0.284. The van der Waals surface area contributed by atoms with Gasteiger partial charge in [-0.05, 0) is 17.7 Å². The van der Waals surface area contributed by atoms with Crippen LogP contribution in [0.5, 0.6) is 5.75 Å². The molecule has 0 unspecified atom stereocenters. The summed E-state index contributed by atoms with van der Waals surface area (Å²) in [5, 5.41) is 9.20. The van der Waals surface area contributed by atoms with E-state index >= 15 is 0 Å². The fourth-order valence-corrected chi connectivity index (χ4v) is 2.50. The summed E-state index contributed by atoms with van der Waals surface area (Å²) in [6.45, 7) is 8.90. The van der Waals surface area contributed by atoms with E-state index in [2.05, 4.69) is 13.2 Å². The van der Waals surface area contributed by atoms with Gasteiger partial charge in [-0.1, -0.05) is 48.3 Å². The van der Waals surface area contributed by atoms with Gasteiger partial charge in [0.05, 0.1) is 0 Å². The van der Waals surface area contributed by atoms with Crippen molar-refractivity contribution in [2.75, 3.05) is 13.1 Å². The predicted molar refractivity (Wildman–Crippen MR) is 84.0 cm³/mol. The summed E-state index contributed by atoms with van der Waals surface area (Å²) >= 11 is 6.98. The molecule has 0 bridgehead atoms. The zero-order chi connectivity index (χ0) is 13.4. The maximum atomic E-state index is 9.20. The van der Waals surface area contributed by atoms with Crippen LogP contribution in [0.3, 0.4) is 0 Å². The van der Waals surface area contributed by atoms with Crippen molar-refractivity contribution in [1.29, 1.82) is 0 Å². The van der Waals surface area contributed by atoms with E-state index in [1.165, 1.54) is 0 Å². The van der Waals surface area contributed by atoms with E-state index in [0.717, 1.165) is 28.7 Å². The van der Waals surface area contributed by atoms with Gasteiger partial charge in [0.15, 0.2) is 0 Å². The average Bonchev–Trinajstić information content (AvgIpc) is 2.37. The smallest absolute Gasteiger partial charge is 0.137 e. The van der Waals surface area contributed by atoms with Crippen molar-refractivity contribution >= 4 is 28.3 Å². The third-order valence-corrected chi connectivity index (χ3v) is 3.85. The van der Waals surface area contributed by atoms with Gasteiger partial charge in [0.1, 0.15) is 10.1 Å². The second kappa shape index (κ2) is 7.95. The number of rotatable bonds is 6. The molecule has 0 radical (unpaired) electrons. The number of nitrogens with zero attached hydrogens (tertiary/aromatic N) is 1. The summed E-state index contributed by atoms with van der Waals surface area (Å²) < 4.78 is 0.836. The van der Waals surface area contributed by atoms with Crippen LogP contribution >= 0.6 is 24.0 Å². The first-order chi connectivity index (χ1) is 8.67. The zero-order valence-electron chi connectivity index (χ0n) is 10.2. The van der Waals surface area contributed by atoms with Gasteiger partial charge in [-0.25, -0.2) is 0 Å². The number of benzene rings is 1. The molecule has 1 aromatic carbocycles. The first-order valence-electron chi connectivity index (χ1n) is 5.58. The maximum Gasteiger partial charge on any atom is 0.137 e. The van der Waals surface area contributed by atoms with Crippen molar-refractivity contribution in [2.24, 2.45) is 0 Å². The van der Waals surface area contributed by atoms with E-state index in [-0.39, 0.29) is 5.75 Å². The molecule has 0 atom stereocenters. The summed E-state index contributed by atoms with van der Waals surface area (Å²) in [5.74, 6) is 1.08. The average molecular weight is 279 g/mol. The molecule has 0 aromatic heterocycles.